The molecule has 1 N–H and O–H groups in total. The van der Waals surface area contributed by atoms with Gasteiger partial charge in [0.25, 0.3) is 0 Å². The Balaban J connectivity index is 1.95. The van der Waals surface area contributed by atoms with Crippen LogP contribution in [0.15, 0.2) is 53.4 Å². The molecule has 2 rings (SSSR count). The van der Waals surface area contributed by atoms with Crippen LogP contribution in [0.2, 0.25) is 0 Å². The number of carboxylic acid groups (broad SMARTS) is 1. The number of rotatable bonds is 9. The third kappa shape index (κ3) is 5.67. The van der Waals surface area contributed by atoms with Gasteiger partial charge in [-0.3, -0.25) is 4.79 Å². The molecular weight excluding hydrogens is 360 g/mol. The van der Waals surface area contributed by atoms with E-state index in [2.05, 4.69) is 38.1 Å². The average Bonchev–Trinajstić information content (AvgIpc) is 2.61. The minimum atomic E-state index is -3.87. The molecule has 146 valence electrons. The second kappa shape index (κ2) is 9.18. The first-order valence-electron chi connectivity index (χ1n) is 9.31. The van der Waals surface area contributed by atoms with E-state index in [0.29, 0.717) is 12.3 Å². The number of hydrogen-bond donors (Lipinski definition) is 1. The Morgan fingerprint density at radius 3 is 1.89 bits per heavy atom. The van der Waals surface area contributed by atoms with Crippen molar-refractivity contribution in [3.8, 4) is 0 Å². The van der Waals surface area contributed by atoms with E-state index in [9.17, 15) is 18.3 Å². The minimum absolute atomic E-state index is 0.0773. The zero-order chi connectivity index (χ0) is 20.0. The molecule has 0 aliphatic carbocycles. The highest BCUT2D eigenvalue weighted by molar-refractivity contribution is 7.92. The fourth-order valence-corrected chi connectivity index (χ4v) is 4.73. The second-order valence-corrected chi connectivity index (χ2v) is 9.41. The molecular formula is C22H28O4S. The van der Waals surface area contributed by atoms with Crippen LogP contribution in [0.25, 0.3) is 0 Å². The fourth-order valence-electron chi connectivity index (χ4n) is 3.15. The molecule has 0 aliphatic rings. The Labute approximate surface area is 162 Å². The summed E-state index contributed by atoms with van der Waals surface area (Å²) < 4.78 is 25.4. The standard InChI is InChI=1S/C22H28O4S/c1-16-8-12-19(13-9-16)18(3)6-4-5-7-21(22(23)24)27(25,26)20-14-10-17(2)11-15-20/h8-15,18,21H,4-7H2,1-3H3,(H,23,24). The summed E-state index contributed by atoms with van der Waals surface area (Å²) in [6.45, 7) is 6.05. The van der Waals surface area contributed by atoms with E-state index in [1.807, 2.05) is 6.92 Å². The summed E-state index contributed by atoms with van der Waals surface area (Å²) in [7, 11) is -3.87. The van der Waals surface area contributed by atoms with Crippen molar-refractivity contribution in [2.45, 2.75) is 62.5 Å². The first kappa shape index (κ1) is 21.2. The van der Waals surface area contributed by atoms with Gasteiger partial charge < -0.3 is 5.11 Å². The van der Waals surface area contributed by atoms with Gasteiger partial charge in [0.2, 0.25) is 0 Å². The molecule has 0 radical (unpaired) electrons. The monoisotopic (exact) mass is 388 g/mol. The molecule has 0 aliphatic heterocycles. The highest BCUT2D eigenvalue weighted by Gasteiger charge is 2.33. The lowest BCUT2D eigenvalue weighted by Crippen LogP contribution is -2.30. The van der Waals surface area contributed by atoms with Crippen LogP contribution >= 0.6 is 0 Å². The van der Waals surface area contributed by atoms with Crippen molar-refractivity contribution in [2.75, 3.05) is 0 Å². The fraction of sp³-hybridized carbons (Fsp3) is 0.409. The maximum absolute atomic E-state index is 12.7. The van der Waals surface area contributed by atoms with Crippen LogP contribution in [0.3, 0.4) is 0 Å². The van der Waals surface area contributed by atoms with Crippen molar-refractivity contribution in [1.29, 1.82) is 0 Å². The van der Waals surface area contributed by atoms with Crippen molar-refractivity contribution in [3.63, 3.8) is 0 Å². The van der Waals surface area contributed by atoms with Crippen molar-refractivity contribution < 1.29 is 18.3 Å². The first-order valence-corrected chi connectivity index (χ1v) is 10.9. The predicted molar refractivity (Wildman–Crippen MR) is 108 cm³/mol. The maximum atomic E-state index is 12.7. The number of sulfone groups is 1. The number of unbranched alkanes of at least 4 members (excludes halogenated alkanes) is 1. The molecule has 4 nitrogen and oxygen atoms in total. The van der Waals surface area contributed by atoms with Gasteiger partial charge in [-0.1, -0.05) is 67.3 Å². The van der Waals surface area contributed by atoms with Gasteiger partial charge in [0.1, 0.15) is 0 Å². The van der Waals surface area contributed by atoms with Gasteiger partial charge in [0.15, 0.2) is 15.1 Å². The smallest absolute Gasteiger partial charge is 0.322 e. The zero-order valence-electron chi connectivity index (χ0n) is 16.2. The van der Waals surface area contributed by atoms with E-state index in [1.54, 1.807) is 12.1 Å². The van der Waals surface area contributed by atoms with Gasteiger partial charge in [0, 0.05) is 0 Å². The summed E-state index contributed by atoms with van der Waals surface area (Å²) >= 11 is 0. The molecule has 2 atom stereocenters. The van der Waals surface area contributed by atoms with E-state index < -0.39 is 21.1 Å². The highest BCUT2D eigenvalue weighted by Crippen LogP contribution is 2.25. The Bertz CT molecular complexity index is 852. The van der Waals surface area contributed by atoms with Crippen LogP contribution < -0.4 is 0 Å². The summed E-state index contributed by atoms with van der Waals surface area (Å²) in [5.74, 6) is -0.912. The van der Waals surface area contributed by atoms with Gasteiger partial charge >= 0.3 is 5.97 Å². The number of aryl methyl sites for hydroxylation is 2. The topological polar surface area (TPSA) is 71.4 Å². The highest BCUT2D eigenvalue weighted by atomic mass is 32.2. The normalized spacial score (nSPS) is 13.9. The molecule has 27 heavy (non-hydrogen) atoms. The molecule has 2 unspecified atom stereocenters. The number of carbonyl (C=O) groups is 1. The molecule has 0 aromatic heterocycles. The van der Waals surface area contributed by atoms with Gasteiger partial charge in [0.05, 0.1) is 4.90 Å². The molecule has 0 bridgehead atoms. The summed E-state index contributed by atoms with van der Waals surface area (Å²) in [5, 5.41) is 8.06. The lowest BCUT2D eigenvalue weighted by molar-refractivity contribution is -0.136. The van der Waals surface area contributed by atoms with Crippen LogP contribution in [-0.4, -0.2) is 24.7 Å². The van der Waals surface area contributed by atoms with Crippen LogP contribution in [-0.2, 0) is 14.6 Å². The van der Waals surface area contributed by atoms with Crippen molar-refractivity contribution >= 4 is 15.8 Å². The predicted octanol–water partition coefficient (Wildman–Crippen LogP) is 4.89. The van der Waals surface area contributed by atoms with Gasteiger partial charge in [-0.15, -0.1) is 0 Å². The van der Waals surface area contributed by atoms with Crippen molar-refractivity contribution in [3.05, 3.63) is 65.2 Å². The first-order chi connectivity index (χ1) is 12.7. The lowest BCUT2D eigenvalue weighted by atomic mass is 9.94. The second-order valence-electron chi connectivity index (χ2n) is 7.28. The quantitative estimate of drug-likeness (QED) is 0.621. The molecule has 0 amide bonds. The molecule has 0 heterocycles. The Kier molecular flexibility index (Phi) is 7.19. The summed E-state index contributed by atoms with van der Waals surface area (Å²) in [4.78, 5) is 11.7. The van der Waals surface area contributed by atoms with Gasteiger partial charge in [-0.05, 0) is 50.3 Å². The van der Waals surface area contributed by atoms with E-state index in [0.717, 1.165) is 18.4 Å². The molecule has 5 heteroatoms. The third-order valence-electron chi connectivity index (χ3n) is 5.00. The number of aliphatic carboxylic acids is 1. The number of hydrogen-bond acceptors (Lipinski definition) is 3. The van der Waals surface area contributed by atoms with Crippen molar-refractivity contribution in [1.82, 2.24) is 0 Å². The Morgan fingerprint density at radius 2 is 1.37 bits per heavy atom. The van der Waals surface area contributed by atoms with E-state index in [1.165, 1.54) is 23.3 Å². The third-order valence-corrected chi connectivity index (χ3v) is 7.12. The SMILES string of the molecule is Cc1ccc(C(C)CCCCC(C(=O)O)S(=O)(=O)c2ccc(C)cc2)cc1. The van der Waals surface area contributed by atoms with Crippen molar-refractivity contribution in [2.24, 2.45) is 0 Å². The lowest BCUT2D eigenvalue weighted by Gasteiger charge is -2.15. The molecule has 0 saturated heterocycles. The van der Waals surface area contributed by atoms with Crippen LogP contribution in [0, 0.1) is 13.8 Å². The van der Waals surface area contributed by atoms with Crippen LogP contribution in [0.4, 0.5) is 0 Å². The molecule has 2 aromatic rings. The summed E-state index contributed by atoms with van der Waals surface area (Å²) in [6, 6.07) is 14.7. The molecule has 2 aromatic carbocycles. The molecule has 0 fully saturated rings. The largest absolute Gasteiger partial charge is 0.480 e. The summed E-state index contributed by atoms with van der Waals surface area (Å²) in [6.07, 6.45) is 2.40. The Hall–Kier alpha value is -2.14. The number of benzene rings is 2. The van der Waals surface area contributed by atoms with Gasteiger partial charge in [-0.2, -0.15) is 0 Å². The van der Waals surface area contributed by atoms with E-state index >= 15 is 0 Å². The maximum Gasteiger partial charge on any atom is 0.322 e. The van der Waals surface area contributed by atoms with Gasteiger partial charge in [-0.25, -0.2) is 8.42 Å². The van der Waals surface area contributed by atoms with Crippen LogP contribution in [0.1, 0.15) is 55.2 Å². The molecule has 0 saturated carbocycles. The van der Waals surface area contributed by atoms with E-state index in [-0.39, 0.29) is 11.3 Å². The number of carboxylic acids is 1. The van der Waals surface area contributed by atoms with E-state index in [4.69, 9.17) is 0 Å². The summed E-state index contributed by atoms with van der Waals surface area (Å²) in [5.41, 5.74) is 3.41. The van der Waals surface area contributed by atoms with Crippen LogP contribution in [0.5, 0.6) is 0 Å². The Morgan fingerprint density at radius 1 is 0.889 bits per heavy atom. The average molecular weight is 389 g/mol. The zero-order valence-corrected chi connectivity index (χ0v) is 17.0. The minimum Gasteiger partial charge on any atom is -0.480 e. The molecule has 0 spiro atoms.